The molecule has 0 amide bonds. The molecule has 1 rings (SSSR count). The number of rotatable bonds is 5. The van der Waals surface area contributed by atoms with Gasteiger partial charge in [-0.2, -0.15) is 26.3 Å². The van der Waals surface area contributed by atoms with Gasteiger partial charge in [0, 0.05) is 5.41 Å². The predicted octanol–water partition coefficient (Wildman–Crippen LogP) is 2.68. The van der Waals surface area contributed by atoms with Crippen molar-refractivity contribution in [2.45, 2.75) is 43.0 Å². The molecular formula is C9H12ClF6N3O2S2. The van der Waals surface area contributed by atoms with E-state index in [1.807, 2.05) is 5.43 Å². The fourth-order valence-corrected chi connectivity index (χ4v) is 4.49. The number of sulfonamides is 1. The highest BCUT2D eigenvalue weighted by molar-refractivity contribution is 8.14. The van der Waals surface area contributed by atoms with Crippen molar-refractivity contribution in [1.29, 1.82) is 0 Å². The van der Waals surface area contributed by atoms with E-state index in [0.29, 0.717) is 30.6 Å². The van der Waals surface area contributed by atoms with E-state index in [-0.39, 0.29) is 5.16 Å². The smallest absolute Gasteiger partial charge is 0.266 e. The lowest BCUT2D eigenvalue weighted by Gasteiger charge is -2.31. The van der Waals surface area contributed by atoms with Crippen LogP contribution >= 0.6 is 23.4 Å². The van der Waals surface area contributed by atoms with E-state index in [1.165, 1.54) is 4.72 Å². The average molecular weight is 408 g/mol. The molecule has 3 unspecified atom stereocenters. The van der Waals surface area contributed by atoms with Crippen LogP contribution in [0.2, 0.25) is 0 Å². The van der Waals surface area contributed by atoms with Gasteiger partial charge in [0.05, 0.1) is 0 Å². The molecule has 2 N–H and O–H groups in total. The highest BCUT2D eigenvalue weighted by atomic mass is 35.5. The Morgan fingerprint density at radius 3 is 2.09 bits per heavy atom. The van der Waals surface area contributed by atoms with E-state index in [1.54, 1.807) is 0 Å². The summed E-state index contributed by atoms with van der Waals surface area (Å²) in [4.78, 5) is 0. The Balaban J connectivity index is 2.93. The first-order valence-corrected chi connectivity index (χ1v) is 8.74. The maximum atomic E-state index is 12.5. The maximum absolute atomic E-state index is 12.5. The largest absolute Gasteiger partial charge is 0.405 e. The molecule has 3 atom stereocenters. The molecule has 0 radical (unpaired) electrons. The van der Waals surface area contributed by atoms with Crippen molar-refractivity contribution in [2.24, 2.45) is 0 Å². The molecule has 5 nitrogen and oxygen atoms in total. The Bertz CT molecular complexity index is 565. The lowest BCUT2D eigenvalue weighted by atomic mass is 10.3. The number of hydrazine groups is 1. The Morgan fingerprint density at radius 1 is 1.17 bits per heavy atom. The number of hydrogen-bond donors (Lipinski definition) is 2. The zero-order valence-electron chi connectivity index (χ0n) is 11.5. The van der Waals surface area contributed by atoms with Crippen LogP contribution in [-0.4, -0.2) is 42.6 Å². The summed E-state index contributed by atoms with van der Waals surface area (Å²) < 4.78 is 98.5. The summed E-state index contributed by atoms with van der Waals surface area (Å²) in [6.07, 6.45) is -9.55. The minimum absolute atomic E-state index is 0.388. The predicted molar refractivity (Wildman–Crippen MR) is 73.4 cm³/mol. The van der Waals surface area contributed by atoms with Gasteiger partial charge in [0.2, 0.25) is 14.7 Å². The van der Waals surface area contributed by atoms with Crippen molar-refractivity contribution in [3.05, 3.63) is 10.6 Å². The molecule has 0 fully saturated rings. The lowest BCUT2D eigenvalue weighted by molar-refractivity contribution is -0.160. The quantitative estimate of drug-likeness (QED) is 0.542. The Labute approximate surface area is 137 Å². The lowest BCUT2D eigenvalue weighted by Crippen LogP contribution is -2.56. The van der Waals surface area contributed by atoms with Gasteiger partial charge >= 0.3 is 12.4 Å². The number of nitrogens with zero attached hydrogens (tertiary/aromatic N) is 1. The molecule has 1 aliphatic rings. The van der Waals surface area contributed by atoms with E-state index in [0.717, 1.165) is 5.41 Å². The van der Waals surface area contributed by atoms with Crippen LogP contribution in [0.1, 0.15) is 13.8 Å². The van der Waals surface area contributed by atoms with Crippen LogP contribution in [0.5, 0.6) is 0 Å². The van der Waals surface area contributed by atoms with Crippen molar-refractivity contribution in [3.63, 3.8) is 0 Å². The zero-order chi connectivity index (χ0) is 18.2. The Morgan fingerprint density at radius 2 is 1.65 bits per heavy atom. The van der Waals surface area contributed by atoms with Gasteiger partial charge in [-0.25, -0.2) is 18.6 Å². The van der Waals surface area contributed by atoms with Crippen LogP contribution in [0.4, 0.5) is 26.3 Å². The molecule has 0 bridgehead atoms. The summed E-state index contributed by atoms with van der Waals surface area (Å²) >= 11 is 6.08. The van der Waals surface area contributed by atoms with Crippen molar-refractivity contribution >= 4 is 33.4 Å². The normalized spacial score (nSPS) is 22.9. The standard InChI is InChI=1S/C9H12ClF6N3O2S2/c1-4(8(11,12)13)17-19-6(10)3-22-7(19)23(20,21)18-5(2)9(14,15)16/h3-5,7,17-18H,1-2H3. The molecule has 14 heteroatoms. The van der Waals surface area contributed by atoms with Crippen LogP contribution in [0.25, 0.3) is 0 Å². The van der Waals surface area contributed by atoms with Gasteiger partial charge in [0.1, 0.15) is 17.2 Å². The molecule has 0 saturated carbocycles. The molecule has 136 valence electrons. The molecule has 23 heavy (non-hydrogen) atoms. The van der Waals surface area contributed by atoms with Crippen LogP contribution in [0.15, 0.2) is 10.6 Å². The van der Waals surface area contributed by atoms with Gasteiger partial charge < -0.3 is 0 Å². The van der Waals surface area contributed by atoms with Crippen LogP contribution in [0.3, 0.4) is 0 Å². The molecule has 0 aromatic carbocycles. The van der Waals surface area contributed by atoms with Crippen LogP contribution in [-0.2, 0) is 10.0 Å². The van der Waals surface area contributed by atoms with Crippen molar-refractivity contribution in [1.82, 2.24) is 15.2 Å². The molecular weight excluding hydrogens is 396 g/mol. The molecule has 1 aliphatic heterocycles. The van der Waals surface area contributed by atoms with E-state index >= 15 is 0 Å². The highest BCUT2D eigenvalue weighted by Crippen LogP contribution is 2.36. The monoisotopic (exact) mass is 407 g/mol. The number of thioether (sulfide) groups is 1. The third-order valence-corrected chi connectivity index (χ3v) is 6.38. The SMILES string of the molecule is CC(NN1C(Cl)=CSC1S(=O)(=O)NC(C)C(F)(F)F)C(F)(F)F. The number of nitrogens with one attached hydrogen (secondary N) is 2. The first-order valence-electron chi connectivity index (χ1n) is 5.87. The average Bonchev–Trinajstić information content (AvgIpc) is 2.68. The van der Waals surface area contributed by atoms with Gasteiger partial charge in [-0.15, -0.1) is 0 Å². The minimum Gasteiger partial charge on any atom is -0.266 e. The van der Waals surface area contributed by atoms with E-state index < -0.39 is 39.2 Å². The van der Waals surface area contributed by atoms with Gasteiger partial charge in [0.25, 0.3) is 0 Å². The number of alkyl halides is 6. The summed E-state index contributed by atoms with van der Waals surface area (Å²) in [7, 11) is -4.66. The third kappa shape index (κ3) is 5.31. The topological polar surface area (TPSA) is 61.4 Å². The highest BCUT2D eigenvalue weighted by Gasteiger charge is 2.46. The third-order valence-electron chi connectivity index (χ3n) is 2.64. The summed E-state index contributed by atoms with van der Waals surface area (Å²) in [5.74, 6) is 0. The number of hydrogen-bond acceptors (Lipinski definition) is 5. The van der Waals surface area contributed by atoms with E-state index in [4.69, 9.17) is 11.6 Å². The van der Waals surface area contributed by atoms with Crippen molar-refractivity contribution in [2.75, 3.05) is 0 Å². The molecule has 0 aromatic rings. The molecule has 0 spiro atoms. The molecule has 0 saturated heterocycles. The minimum atomic E-state index is -4.84. The maximum Gasteiger partial charge on any atom is 0.405 e. The second-order valence-corrected chi connectivity index (χ2v) is 7.98. The molecule has 1 heterocycles. The van der Waals surface area contributed by atoms with Gasteiger partial charge in [-0.05, 0) is 13.8 Å². The first kappa shape index (κ1) is 20.7. The van der Waals surface area contributed by atoms with Crippen molar-refractivity contribution < 1.29 is 34.8 Å². The van der Waals surface area contributed by atoms with Gasteiger partial charge in [0.15, 0.2) is 0 Å². The van der Waals surface area contributed by atoms with Gasteiger partial charge in [-0.1, -0.05) is 23.4 Å². The van der Waals surface area contributed by atoms with Crippen LogP contribution < -0.4 is 10.1 Å². The first-order chi connectivity index (χ1) is 10.2. The molecule has 0 aliphatic carbocycles. The summed E-state index contributed by atoms with van der Waals surface area (Å²) in [5.41, 5.74) is 1.82. The summed E-state index contributed by atoms with van der Waals surface area (Å²) in [6, 6.07) is -4.57. The Hall–Kier alpha value is -0.370. The van der Waals surface area contributed by atoms with E-state index in [2.05, 4.69) is 0 Å². The Kier molecular flexibility index (Phi) is 6.17. The van der Waals surface area contributed by atoms with E-state index in [9.17, 15) is 34.8 Å². The second-order valence-electron chi connectivity index (χ2n) is 4.57. The summed E-state index contributed by atoms with van der Waals surface area (Å²) in [5, 5.41) is 1.08. The van der Waals surface area contributed by atoms with Crippen LogP contribution in [0, 0.1) is 0 Å². The fourth-order valence-electron chi connectivity index (χ4n) is 1.32. The van der Waals surface area contributed by atoms with Crippen molar-refractivity contribution in [3.8, 4) is 0 Å². The second kappa shape index (κ2) is 6.86. The van der Waals surface area contributed by atoms with Gasteiger partial charge in [-0.3, -0.25) is 5.01 Å². The zero-order valence-corrected chi connectivity index (χ0v) is 13.9. The fraction of sp³-hybridized carbons (Fsp3) is 0.778. The molecule has 0 aromatic heterocycles. The number of halogens is 7. The summed E-state index contributed by atoms with van der Waals surface area (Å²) in [6.45, 7) is 1.28.